The van der Waals surface area contributed by atoms with Gasteiger partial charge in [0, 0.05) is 17.4 Å². The molecule has 2 aromatic heterocycles. The van der Waals surface area contributed by atoms with Crippen LogP contribution in [0, 0.1) is 12.7 Å². The van der Waals surface area contributed by atoms with Gasteiger partial charge < -0.3 is 30.7 Å². The molecule has 0 saturated carbocycles. The Bertz CT molecular complexity index is 1290. The van der Waals surface area contributed by atoms with E-state index in [1.54, 1.807) is 31.2 Å². The summed E-state index contributed by atoms with van der Waals surface area (Å²) in [5, 5.41) is 19.3. The van der Waals surface area contributed by atoms with E-state index >= 15 is 0 Å². The van der Waals surface area contributed by atoms with Gasteiger partial charge in [0.25, 0.3) is 11.8 Å². The molecule has 168 valence electrons. The monoisotopic (exact) mass is 451 g/mol. The van der Waals surface area contributed by atoms with Crippen LogP contribution in [0.4, 0.5) is 27.5 Å². The first kappa shape index (κ1) is 21.5. The first-order valence-electron chi connectivity index (χ1n) is 9.59. The Kier molecular flexibility index (Phi) is 5.98. The van der Waals surface area contributed by atoms with E-state index in [4.69, 9.17) is 15.0 Å². The van der Waals surface area contributed by atoms with Crippen molar-refractivity contribution in [2.24, 2.45) is 5.73 Å². The molecular weight excluding hydrogens is 433 g/mol. The molecular formula is C21H18FN7O4. The molecule has 11 nitrogen and oxygen atoms in total. The number of nitrogens with zero attached hydrogens (tertiary/aromatic N) is 4. The van der Waals surface area contributed by atoms with Crippen LogP contribution >= 0.6 is 0 Å². The molecule has 12 heteroatoms. The number of benzene rings is 2. The number of primary amides is 1. The number of carbonyl (C=O) groups is 1. The van der Waals surface area contributed by atoms with E-state index < -0.39 is 11.7 Å². The highest BCUT2D eigenvalue weighted by molar-refractivity contribution is 5.96. The van der Waals surface area contributed by atoms with Crippen LogP contribution in [0.2, 0.25) is 0 Å². The van der Waals surface area contributed by atoms with Crippen LogP contribution in [0.15, 0.2) is 53.2 Å². The second-order valence-electron chi connectivity index (χ2n) is 6.78. The number of phenols is 1. The Hall–Kier alpha value is -4.74. The zero-order valence-electron chi connectivity index (χ0n) is 17.2. The van der Waals surface area contributed by atoms with Gasteiger partial charge in [-0.05, 0) is 43.3 Å². The number of amides is 1. The summed E-state index contributed by atoms with van der Waals surface area (Å²) in [6.45, 7) is 1.84. The number of rotatable bonds is 8. The summed E-state index contributed by atoms with van der Waals surface area (Å²) < 4.78 is 24.8. The molecule has 2 aromatic carbocycles. The van der Waals surface area contributed by atoms with Gasteiger partial charge in [0.2, 0.25) is 5.95 Å². The van der Waals surface area contributed by atoms with Gasteiger partial charge in [-0.25, -0.2) is 9.37 Å². The minimum Gasteiger partial charge on any atom is -0.507 e. The van der Waals surface area contributed by atoms with E-state index in [0.29, 0.717) is 28.8 Å². The lowest BCUT2D eigenvalue weighted by Crippen LogP contribution is -2.11. The van der Waals surface area contributed by atoms with Crippen molar-refractivity contribution in [3.63, 3.8) is 0 Å². The molecule has 0 radical (unpaired) electrons. The molecule has 5 N–H and O–H groups in total. The molecule has 4 rings (SSSR count). The van der Waals surface area contributed by atoms with Gasteiger partial charge in [-0.2, -0.15) is 9.97 Å². The maximum atomic E-state index is 14.2. The topological polar surface area (TPSA) is 161 Å². The van der Waals surface area contributed by atoms with Gasteiger partial charge in [0.05, 0.1) is 11.8 Å². The Morgan fingerprint density at radius 3 is 2.58 bits per heavy atom. The number of hydrogen-bond acceptors (Lipinski definition) is 10. The summed E-state index contributed by atoms with van der Waals surface area (Å²) in [4.78, 5) is 23.3. The summed E-state index contributed by atoms with van der Waals surface area (Å²) in [5.41, 5.74) is 6.08. The van der Waals surface area contributed by atoms with Crippen LogP contribution in [-0.4, -0.2) is 31.1 Å². The van der Waals surface area contributed by atoms with Crippen LogP contribution in [0.5, 0.6) is 11.5 Å². The molecule has 4 aromatic rings. The second-order valence-corrected chi connectivity index (χ2v) is 6.78. The lowest BCUT2D eigenvalue weighted by Gasteiger charge is -2.11. The highest BCUT2D eigenvalue weighted by Gasteiger charge is 2.11. The smallest absolute Gasteiger partial charge is 0.264 e. The number of aromatic hydroxyl groups is 1. The van der Waals surface area contributed by atoms with E-state index in [1.807, 2.05) is 0 Å². The van der Waals surface area contributed by atoms with Crippen molar-refractivity contribution in [1.82, 2.24) is 20.1 Å². The number of carbonyl (C=O) groups excluding carboxylic acids is 1. The van der Waals surface area contributed by atoms with Crippen molar-refractivity contribution in [3.8, 4) is 11.5 Å². The first-order chi connectivity index (χ1) is 15.9. The Labute approximate surface area is 186 Å². The third-order valence-corrected chi connectivity index (χ3v) is 4.31. The fraction of sp³-hybridized carbons (Fsp3) is 0.0952. The minimum absolute atomic E-state index is 0.0254. The number of aromatic nitrogens is 4. The molecule has 0 bridgehead atoms. The predicted octanol–water partition coefficient (Wildman–Crippen LogP) is 3.18. The highest BCUT2D eigenvalue weighted by Crippen LogP contribution is 2.25. The maximum absolute atomic E-state index is 14.2. The van der Waals surface area contributed by atoms with Crippen molar-refractivity contribution in [3.05, 3.63) is 71.8 Å². The molecule has 1 amide bonds. The van der Waals surface area contributed by atoms with Crippen LogP contribution in [0.25, 0.3) is 0 Å². The zero-order chi connectivity index (χ0) is 23.4. The van der Waals surface area contributed by atoms with Crippen molar-refractivity contribution >= 4 is 29.0 Å². The molecule has 0 aliphatic rings. The number of ether oxygens (including phenoxy) is 1. The molecule has 0 spiro atoms. The van der Waals surface area contributed by atoms with Crippen molar-refractivity contribution in [2.45, 2.75) is 13.5 Å². The number of nitrogens with one attached hydrogen (secondary N) is 2. The van der Waals surface area contributed by atoms with Crippen LogP contribution in [0.1, 0.15) is 22.1 Å². The molecule has 0 fully saturated rings. The third kappa shape index (κ3) is 5.31. The minimum atomic E-state index is -0.760. The fourth-order valence-corrected chi connectivity index (χ4v) is 2.78. The van der Waals surface area contributed by atoms with E-state index in [2.05, 4.69) is 30.7 Å². The fourth-order valence-electron chi connectivity index (χ4n) is 2.78. The standard InChI is InChI=1S/C21H18FN7O4/c1-11-25-18(33-29-11)10-32-14-5-2-12(3-6-14)26-20-16(22)9-24-21(28-20)27-13-4-7-15(19(23)31)17(30)8-13/h2-9,30H,10H2,1H3,(H2,23,31)(H2,24,26,27,28). The maximum Gasteiger partial charge on any atom is 0.264 e. The van der Waals surface area contributed by atoms with Crippen molar-refractivity contribution in [2.75, 3.05) is 10.6 Å². The number of aryl methyl sites for hydroxylation is 1. The van der Waals surface area contributed by atoms with Crippen LogP contribution in [0.3, 0.4) is 0 Å². The van der Waals surface area contributed by atoms with Crippen molar-refractivity contribution in [1.29, 1.82) is 0 Å². The van der Waals surface area contributed by atoms with Crippen molar-refractivity contribution < 1.29 is 23.6 Å². The second kappa shape index (κ2) is 9.18. The van der Waals surface area contributed by atoms with Crippen LogP contribution < -0.4 is 21.1 Å². The third-order valence-electron chi connectivity index (χ3n) is 4.31. The van der Waals surface area contributed by atoms with Gasteiger partial charge in [0.1, 0.15) is 11.5 Å². The molecule has 0 aliphatic heterocycles. The summed E-state index contributed by atoms with van der Waals surface area (Å²) >= 11 is 0. The SMILES string of the molecule is Cc1noc(COc2ccc(Nc3nc(Nc4ccc(C(N)=O)c(O)c4)ncc3F)cc2)n1. The largest absolute Gasteiger partial charge is 0.507 e. The Balaban J connectivity index is 1.42. The van der Waals surface area contributed by atoms with Gasteiger partial charge in [-0.1, -0.05) is 5.16 Å². The normalized spacial score (nSPS) is 10.6. The quantitative estimate of drug-likeness (QED) is 0.313. The van der Waals surface area contributed by atoms with E-state index in [1.165, 1.54) is 18.2 Å². The Morgan fingerprint density at radius 2 is 1.91 bits per heavy atom. The summed E-state index contributed by atoms with van der Waals surface area (Å²) in [6, 6.07) is 10.9. The number of hydrogen-bond donors (Lipinski definition) is 4. The average Bonchev–Trinajstić information content (AvgIpc) is 3.20. The van der Waals surface area contributed by atoms with Gasteiger partial charge in [-0.15, -0.1) is 0 Å². The molecule has 0 saturated heterocycles. The molecule has 33 heavy (non-hydrogen) atoms. The number of anilines is 4. The highest BCUT2D eigenvalue weighted by atomic mass is 19.1. The lowest BCUT2D eigenvalue weighted by atomic mass is 10.1. The van der Waals surface area contributed by atoms with Gasteiger partial charge in [0.15, 0.2) is 24.1 Å². The summed E-state index contributed by atoms with van der Waals surface area (Å²) in [5.74, 6) is -0.293. The molecule has 0 unspecified atom stereocenters. The lowest BCUT2D eigenvalue weighted by molar-refractivity contribution is 0.0998. The predicted molar refractivity (Wildman–Crippen MR) is 115 cm³/mol. The summed E-state index contributed by atoms with van der Waals surface area (Å²) in [7, 11) is 0. The summed E-state index contributed by atoms with van der Waals surface area (Å²) in [6.07, 6.45) is 0.999. The van der Waals surface area contributed by atoms with E-state index in [9.17, 15) is 14.3 Å². The van der Waals surface area contributed by atoms with Crippen LogP contribution in [-0.2, 0) is 6.61 Å². The molecule has 2 heterocycles. The van der Waals surface area contributed by atoms with E-state index in [0.717, 1.165) is 6.20 Å². The molecule has 0 atom stereocenters. The van der Waals surface area contributed by atoms with Gasteiger partial charge in [-0.3, -0.25) is 4.79 Å². The Morgan fingerprint density at radius 1 is 1.15 bits per heavy atom. The van der Waals surface area contributed by atoms with Gasteiger partial charge >= 0.3 is 0 Å². The average molecular weight is 451 g/mol. The van der Waals surface area contributed by atoms with E-state index in [-0.39, 0.29) is 29.7 Å². The number of nitrogens with two attached hydrogens (primary N) is 1. The molecule has 0 aliphatic carbocycles. The zero-order valence-corrected chi connectivity index (χ0v) is 17.2. The number of halogens is 1. The first-order valence-corrected chi connectivity index (χ1v) is 9.59.